The molecule has 92 valence electrons. The van der Waals surface area contributed by atoms with Crippen LogP contribution in [0.15, 0.2) is 21.3 Å². The van der Waals surface area contributed by atoms with Gasteiger partial charge in [0.05, 0.1) is 0 Å². The van der Waals surface area contributed by atoms with Gasteiger partial charge in [0, 0.05) is 11.1 Å². The van der Waals surface area contributed by atoms with Crippen molar-refractivity contribution in [3.8, 4) is 11.3 Å². The molecule has 0 bridgehead atoms. The molecule has 0 radical (unpaired) electrons. The van der Waals surface area contributed by atoms with Gasteiger partial charge in [-0.25, -0.2) is 4.79 Å². The molecule has 0 amide bonds. The Balaban J connectivity index is 2.46. The lowest BCUT2D eigenvalue weighted by atomic mass is 9.99. The predicted molar refractivity (Wildman–Crippen MR) is 68.5 cm³/mol. The fourth-order valence-electron chi connectivity index (χ4n) is 2.93. The molecule has 1 unspecified atom stereocenters. The standard InChI is InChI=1S/C15H14O3/c1-8-3-6-11-12(7-16)15(17)18-14(11)13-9(2)4-5-10(8)13/h3,6-7,9H,4-5H2,1-2H3. The lowest BCUT2D eigenvalue weighted by molar-refractivity contribution is 0.112. The Labute approximate surface area is 105 Å². The minimum atomic E-state index is -0.523. The van der Waals surface area contributed by atoms with E-state index in [0.717, 1.165) is 18.4 Å². The van der Waals surface area contributed by atoms with Crippen LogP contribution in [-0.2, 0) is 6.42 Å². The highest BCUT2D eigenvalue weighted by Crippen LogP contribution is 2.41. The Kier molecular flexibility index (Phi) is 2.37. The van der Waals surface area contributed by atoms with Gasteiger partial charge in [-0.15, -0.1) is 0 Å². The van der Waals surface area contributed by atoms with Gasteiger partial charge in [0.1, 0.15) is 11.3 Å². The summed E-state index contributed by atoms with van der Waals surface area (Å²) in [6.07, 6.45) is 2.67. The smallest absolute Gasteiger partial charge is 0.347 e. The van der Waals surface area contributed by atoms with Crippen LogP contribution in [0.1, 0.15) is 46.3 Å². The van der Waals surface area contributed by atoms with Gasteiger partial charge >= 0.3 is 5.63 Å². The molecular formula is C15H14O3. The van der Waals surface area contributed by atoms with E-state index in [2.05, 4.69) is 13.8 Å². The molecule has 2 aliphatic carbocycles. The second-order valence-electron chi connectivity index (χ2n) is 5.01. The van der Waals surface area contributed by atoms with Crippen LogP contribution in [0.2, 0.25) is 0 Å². The van der Waals surface area contributed by atoms with Crippen molar-refractivity contribution in [2.45, 2.75) is 32.6 Å². The zero-order chi connectivity index (χ0) is 12.9. The summed E-state index contributed by atoms with van der Waals surface area (Å²) in [5.74, 6) is 0.980. The Hall–Kier alpha value is -1.90. The first-order valence-corrected chi connectivity index (χ1v) is 6.18. The van der Waals surface area contributed by atoms with Crippen molar-refractivity contribution < 1.29 is 9.21 Å². The molecule has 0 fully saturated rings. The minimum absolute atomic E-state index is 0.141. The van der Waals surface area contributed by atoms with Crippen LogP contribution >= 0.6 is 0 Å². The van der Waals surface area contributed by atoms with Gasteiger partial charge in [-0.05, 0) is 42.9 Å². The maximum Gasteiger partial charge on any atom is 0.347 e. The molecule has 0 aromatic heterocycles. The SMILES string of the molecule is Cc1ccc2c(C=O)c(=O)oc-2c2c1CCC2C. The third-order valence-corrected chi connectivity index (χ3v) is 3.93. The molecule has 1 atom stereocenters. The maximum absolute atomic E-state index is 11.7. The fraction of sp³-hybridized carbons (Fsp3) is 0.333. The van der Waals surface area contributed by atoms with Gasteiger partial charge in [0.2, 0.25) is 0 Å². The van der Waals surface area contributed by atoms with Crippen molar-refractivity contribution in [3.63, 3.8) is 0 Å². The second kappa shape index (κ2) is 3.80. The van der Waals surface area contributed by atoms with Gasteiger partial charge in [0.15, 0.2) is 6.29 Å². The number of carbonyl (C=O) groups excluding carboxylic acids is 1. The van der Waals surface area contributed by atoms with Crippen LogP contribution in [0.4, 0.5) is 0 Å². The molecule has 18 heavy (non-hydrogen) atoms. The first-order chi connectivity index (χ1) is 8.63. The Morgan fingerprint density at radius 3 is 2.89 bits per heavy atom. The van der Waals surface area contributed by atoms with Gasteiger partial charge in [-0.3, -0.25) is 4.79 Å². The summed E-state index contributed by atoms with van der Waals surface area (Å²) >= 11 is 0. The van der Waals surface area contributed by atoms with Crippen LogP contribution < -0.4 is 5.63 Å². The third-order valence-electron chi connectivity index (χ3n) is 3.93. The Morgan fingerprint density at radius 1 is 1.39 bits per heavy atom. The number of furan rings is 1. The number of hydrogen-bond donors (Lipinski definition) is 0. The molecule has 0 aromatic carbocycles. The molecule has 0 N–H and O–H groups in total. The van der Waals surface area contributed by atoms with Crippen LogP contribution in [0.3, 0.4) is 0 Å². The second-order valence-corrected chi connectivity index (χ2v) is 5.01. The molecule has 3 aliphatic rings. The number of aryl methyl sites for hydroxylation is 1. The molecule has 0 aromatic rings. The summed E-state index contributed by atoms with van der Waals surface area (Å²) in [5.41, 5.74) is 3.84. The molecule has 3 rings (SSSR count). The van der Waals surface area contributed by atoms with Gasteiger partial charge in [-0.1, -0.05) is 13.0 Å². The zero-order valence-electron chi connectivity index (χ0n) is 10.4. The van der Waals surface area contributed by atoms with E-state index >= 15 is 0 Å². The normalized spacial score (nSPS) is 18.0. The van der Waals surface area contributed by atoms with E-state index in [9.17, 15) is 9.59 Å². The van der Waals surface area contributed by atoms with Crippen LogP contribution in [0, 0.1) is 6.92 Å². The van der Waals surface area contributed by atoms with E-state index in [4.69, 9.17) is 4.42 Å². The Morgan fingerprint density at radius 2 is 2.17 bits per heavy atom. The molecule has 1 aliphatic heterocycles. The number of aldehydes is 1. The van der Waals surface area contributed by atoms with Gasteiger partial charge in [-0.2, -0.15) is 0 Å². The average Bonchev–Trinajstić information content (AvgIpc) is 2.82. The third kappa shape index (κ3) is 1.37. The Bertz CT molecular complexity index is 666. The molecule has 1 heterocycles. The van der Waals surface area contributed by atoms with Crippen molar-refractivity contribution in [2.75, 3.05) is 0 Å². The van der Waals surface area contributed by atoms with E-state index in [-0.39, 0.29) is 5.56 Å². The molecule has 3 nitrogen and oxygen atoms in total. The van der Waals surface area contributed by atoms with E-state index < -0.39 is 5.63 Å². The molecule has 0 saturated heterocycles. The van der Waals surface area contributed by atoms with Crippen LogP contribution in [0.25, 0.3) is 11.3 Å². The van der Waals surface area contributed by atoms with E-state index in [1.807, 2.05) is 12.1 Å². The molecular weight excluding hydrogens is 228 g/mol. The largest absolute Gasteiger partial charge is 0.422 e. The topological polar surface area (TPSA) is 47.3 Å². The number of hydrogen-bond acceptors (Lipinski definition) is 3. The van der Waals surface area contributed by atoms with E-state index in [1.165, 1.54) is 11.1 Å². The van der Waals surface area contributed by atoms with Crippen molar-refractivity contribution >= 4 is 6.29 Å². The van der Waals surface area contributed by atoms with Crippen molar-refractivity contribution in [1.29, 1.82) is 0 Å². The summed E-state index contributed by atoms with van der Waals surface area (Å²) < 4.78 is 5.33. The summed E-state index contributed by atoms with van der Waals surface area (Å²) in [7, 11) is 0. The van der Waals surface area contributed by atoms with Crippen molar-refractivity contribution in [3.05, 3.63) is 44.8 Å². The summed E-state index contributed by atoms with van der Waals surface area (Å²) in [6, 6.07) is 3.80. The summed E-state index contributed by atoms with van der Waals surface area (Å²) in [4.78, 5) is 22.7. The number of rotatable bonds is 1. The maximum atomic E-state index is 11.7. The lowest BCUT2D eigenvalue weighted by Crippen LogP contribution is -1.98. The molecule has 0 spiro atoms. The monoisotopic (exact) mass is 242 g/mol. The number of fused-ring (bicyclic) bond motifs is 3. The van der Waals surface area contributed by atoms with Crippen LogP contribution in [-0.4, -0.2) is 6.29 Å². The predicted octanol–water partition coefficient (Wildman–Crippen LogP) is 2.92. The van der Waals surface area contributed by atoms with Crippen molar-refractivity contribution in [2.24, 2.45) is 0 Å². The molecule has 0 saturated carbocycles. The lowest BCUT2D eigenvalue weighted by Gasteiger charge is -2.05. The minimum Gasteiger partial charge on any atom is -0.422 e. The highest BCUT2D eigenvalue weighted by atomic mass is 16.4. The summed E-state index contributed by atoms with van der Waals surface area (Å²) in [5, 5.41) is 0. The van der Waals surface area contributed by atoms with Crippen LogP contribution in [0.5, 0.6) is 0 Å². The first-order valence-electron chi connectivity index (χ1n) is 6.18. The van der Waals surface area contributed by atoms with Gasteiger partial charge in [0.25, 0.3) is 0 Å². The first kappa shape index (κ1) is 11.2. The highest BCUT2D eigenvalue weighted by molar-refractivity contribution is 5.87. The molecule has 3 heteroatoms. The zero-order valence-corrected chi connectivity index (χ0v) is 10.4. The van der Waals surface area contributed by atoms with E-state index in [1.54, 1.807) is 0 Å². The quantitative estimate of drug-likeness (QED) is 0.722. The summed E-state index contributed by atoms with van der Waals surface area (Å²) in [6.45, 7) is 4.20. The van der Waals surface area contributed by atoms with Crippen molar-refractivity contribution in [1.82, 2.24) is 0 Å². The van der Waals surface area contributed by atoms with E-state index in [0.29, 0.717) is 23.5 Å². The fourth-order valence-corrected chi connectivity index (χ4v) is 2.93. The van der Waals surface area contributed by atoms with Gasteiger partial charge < -0.3 is 4.42 Å². The average molecular weight is 242 g/mol. The number of carbonyl (C=O) groups is 1. The highest BCUT2D eigenvalue weighted by Gasteiger charge is 2.29.